The van der Waals surface area contributed by atoms with Gasteiger partial charge in [0.25, 0.3) is 5.56 Å². The normalized spacial score (nSPS) is 15.3. The van der Waals surface area contributed by atoms with E-state index in [2.05, 4.69) is 22.0 Å². The van der Waals surface area contributed by atoms with Crippen LogP contribution in [0, 0.1) is 0 Å². The molecule has 0 spiro atoms. The fourth-order valence-electron chi connectivity index (χ4n) is 2.92. The summed E-state index contributed by atoms with van der Waals surface area (Å²) in [5.74, 6) is 0. The highest BCUT2D eigenvalue weighted by atomic mass is 32.1. The summed E-state index contributed by atoms with van der Waals surface area (Å²) >= 11 is 1.52. The van der Waals surface area contributed by atoms with Crippen molar-refractivity contribution >= 4 is 27.3 Å². The zero-order valence-electron chi connectivity index (χ0n) is 13.9. The maximum Gasteiger partial charge on any atom is 0.282 e. The number of hydrogen-bond donors (Lipinski definition) is 1. The third-order valence-electron chi connectivity index (χ3n) is 4.22. The Morgan fingerprint density at radius 2 is 2.21 bits per heavy atom. The fourth-order valence-corrected chi connectivity index (χ4v) is 3.84. The second kappa shape index (κ2) is 6.02. The molecule has 0 atom stereocenters. The van der Waals surface area contributed by atoms with Gasteiger partial charge in [-0.25, -0.2) is 4.98 Å². The summed E-state index contributed by atoms with van der Waals surface area (Å²) in [5, 5.41) is 3.96. The number of thiazole rings is 1. The Bertz CT molecular complexity index is 941. The molecule has 5 nitrogen and oxygen atoms in total. The largest absolute Gasteiger partial charge is 0.292 e. The van der Waals surface area contributed by atoms with Crippen LogP contribution in [-0.4, -0.2) is 26.5 Å². The molecule has 1 N–H and O–H groups in total. The van der Waals surface area contributed by atoms with E-state index in [1.165, 1.54) is 11.3 Å². The zero-order chi connectivity index (χ0) is 16.7. The molecule has 0 radical (unpaired) electrons. The van der Waals surface area contributed by atoms with Crippen LogP contribution >= 0.6 is 11.3 Å². The van der Waals surface area contributed by atoms with Crippen molar-refractivity contribution in [1.29, 1.82) is 0 Å². The van der Waals surface area contributed by atoms with Crippen molar-refractivity contribution in [3.8, 4) is 5.13 Å². The number of rotatable bonds is 5. The maximum absolute atomic E-state index is 13.0. The number of hydrogen-bond acceptors (Lipinski definition) is 4. The number of para-hydroxylation sites is 1. The van der Waals surface area contributed by atoms with Gasteiger partial charge in [-0.15, -0.1) is 0 Å². The van der Waals surface area contributed by atoms with Gasteiger partial charge in [0.1, 0.15) is 0 Å². The third kappa shape index (κ3) is 2.71. The first-order chi connectivity index (χ1) is 11.7. The molecule has 4 rings (SSSR count). The lowest BCUT2D eigenvalue weighted by atomic mass is 10.1. The van der Waals surface area contributed by atoms with E-state index in [0.29, 0.717) is 11.2 Å². The zero-order valence-corrected chi connectivity index (χ0v) is 14.7. The van der Waals surface area contributed by atoms with Gasteiger partial charge in [-0.05, 0) is 38.3 Å². The number of benzene rings is 1. The lowest BCUT2D eigenvalue weighted by Gasteiger charge is -1.99. The van der Waals surface area contributed by atoms with Crippen LogP contribution in [0.5, 0.6) is 0 Å². The van der Waals surface area contributed by atoms with E-state index in [9.17, 15) is 4.79 Å². The number of aromatic amines is 1. The van der Waals surface area contributed by atoms with Crippen molar-refractivity contribution in [1.82, 2.24) is 14.8 Å². The lowest BCUT2D eigenvalue weighted by molar-refractivity contribution is 0.790. The van der Waals surface area contributed by atoms with Gasteiger partial charge in [0, 0.05) is 11.4 Å². The predicted octanol–water partition coefficient (Wildman–Crippen LogP) is 3.70. The first kappa shape index (κ1) is 15.3. The van der Waals surface area contributed by atoms with Crippen molar-refractivity contribution < 1.29 is 0 Å². The minimum Gasteiger partial charge on any atom is -0.292 e. The van der Waals surface area contributed by atoms with Crippen LogP contribution in [0.2, 0.25) is 0 Å². The summed E-state index contributed by atoms with van der Waals surface area (Å²) in [6, 6.07) is 8.35. The molecule has 2 aromatic heterocycles. The Labute approximate surface area is 144 Å². The van der Waals surface area contributed by atoms with Crippen LogP contribution in [-0.2, 0) is 6.42 Å². The Balaban J connectivity index is 1.85. The van der Waals surface area contributed by atoms with E-state index in [0.717, 1.165) is 52.9 Å². The van der Waals surface area contributed by atoms with E-state index in [-0.39, 0.29) is 5.56 Å². The molecule has 0 bridgehead atoms. The molecule has 0 unspecified atom stereocenters. The van der Waals surface area contributed by atoms with Crippen molar-refractivity contribution in [2.24, 2.45) is 4.99 Å². The van der Waals surface area contributed by atoms with Crippen molar-refractivity contribution in [3.05, 3.63) is 45.9 Å². The average molecular weight is 340 g/mol. The Morgan fingerprint density at radius 1 is 1.42 bits per heavy atom. The molecular weight excluding hydrogens is 320 g/mol. The molecule has 124 valence electrons. The van der Waals surface area contributed by atoms with Gasteiger partial charge in [-0.1, -0.05) is 36.8 Å². The average Bonchev–Trinajstić information content (AvgIpc) is 3.17. The molecule has 1 aromatic carbocycles. The quantitative estimate of drug-likeness (QED) is 0.720. The Hall–Kier alpha value is -2.21. The van der Waals surface area contributed by atoms with Gasteiger partial charge in [0.15, 0.2) is 0 Å². The first-order valence-electron chi connectivity index (χ1n) is 8.42. The van der Waals surface area contributed by atoms with E-state index >= 15 is 0 Å². The summed E-state index contributed by atoms with van der Waals surface area (Å²) in [6.07, 6.45) is 4.08. The Morgan fingerprint density at radius 3 is 2.92 bits per heavy atom. The maximum atomic E-state index is 13.0. The second-order valence-electron chi connectivity index (χ2n) is 6.27. The number of aromatic nitrogens is 3. The highest BCUT2D eigenvalue weighted by Crippen LogP contribution is 2.26. The number of aliphatic imine (C=N–C) groups is 1. The van der Waals surface area contributed by atoms with Crippen molar-refractivity contribution in [3.63, 3.8) is 0 Å². The van der Waals surface area contributed by atoms with Gasteiger partial charge < -0.3 is 0 Å². The summed E-state index contributed by atoms with van der Waals surface area (Å²) < 4.78 is 2.66. The van der Waals surface area contributed by atoms with Crippen LogP contribution in [0.4, 0.5) is 0 Å². The molecule has 1 aliphatic carbocycles. The standard InChI is InChI=1S/C18H20N4OS/c1-3-6-14-16(11(2)19-12-9-10-12)17(23)22(21-14)18-20-13-7-4-5-8-15(13)24-18/h4-5,7-8,12,21H,3,6,9-10H2,1-2H3. The SMILES string of the molecule is CCCc1[nH]n(-c2nc3ccccc3s2)c(=O)c1C(C)=NC1CC1. The Kier molecular flexibility index (Phi) is 3.84. The highest BCUT2D eigenvalue weighted by molar-refractivity contribution is 7.20. The number of fused-ring (bicyclic) bond motifs is 1. The minimum absolute atomic E-state index is 0.0422. The van der Waals surface area contributed by atoms with Gasteiger partial charge in [-0.2, -0.15) is 4.68 Å². The molecule has 0 saturated heterocycles. The van der Waals surface area contributed by atoms with Crippen LogP contribution in [0.3, 0.4) is 0 Å². The molecule has 1 aliphatic rings. The van der Waals surface area contributed by atoms with E-state index in [1.54, 1.807) is 4.68 Å². The van der Waals surface area contributed by atoms with Crippen molar-refractivity contribution in [2.75, 3.05) is 0 Å². The monoisotopic (exact) mass is 340 g/mol. The smallest absolute Gasteiger partial charge is 0.282 e. The lowest BCUT2D eigenvalue weighted by Crippen LogP contribution is -2.20. The molecule has 1 saturated carbocycles. The van der Waals surface area contributed by atoms with Gasteiger partial charge in [0.05, 0.1) is 21.8 Å². The van der Waals surface area contributed by atoms with E-state index < -0.39 is 0 Å². The summed E-state index contributed by atoms with van der Waals surface area (Å²) in [4.78, 5) is 22.3. The number of H-pyrrole nitrogens is 1. The molecule has 24 heavy (non-hydrogen) atoms. The summed E-state index contributed by atoms with van der Waals surface area (Å²) in [5.41, 5.74) is 3.41. The molecule has 0 amide bonds. The minimum atomic E-state index is -0.0422. The molecule has 1 fully saturated rings. The van der Waals surface area contributed by atoms with Crippen LogP contribution < -0.4 is 5.56 Å². The fraction of sp³-hybridized carbons (Fsp3) is 0.389. The van der Waals surface area contributed by atoms with Crippen LogP contribution in [0.1, 0.15) is 44.4 Å². The van der Waals surface area contributed by atoms with Crippen molar-refractivity contribution in [2.45, 2.75) is 45.6 Å². The number of nitrogens with zero attached hydrogens (tertiary/aromatic N) is 3. The van der Waals surface area contributed by atoms with Gasteiger partial charge in [-0.3, -0.25) is 14.9 Å². The number of aryl methyl sites for hydroxylation is 1. The molecule has 6 heteroatoms. The van der Waals surface area contributed by atoms with Crippen LogP contribution in [0.25, 0.3) is 15.3 Å². The predicted molar refractivity (Wildman–Crippen MR) is 98.8 cm³/mol. The number of nitrogens with one attached hydrogen (secondary N) is 1. The molecule has 0 aliphatic heterocycles. The van der Waals surface area contributed by atoms with Gasteiger partial charge >= 0.3 is 0 Å². The third-order valence-corrected chi connectivity index (χ3v) is 5.25. The first-order valence-corrected chi connectivity index (χ1v) is 9.23. The molecule has 2 heterocycles. The highest BCUT2D eigenvalue weighted by Gasteiger charge is 2.24. The summed E-state index contributed by atoms with van der Waals surface area (Å²) in [7, 11) is 0. The van der Waals surface area contributed by atoms with Crippen LogP contribution in [0.15, 0.2) is 34.1 Å². The van der Waals surface area contributed by atoms with E-state index in [1.807, 2.05) is 31.2 Å². The molecular formula is C18H20N4OS. The second-order valence-corrected chi connectivity index (χ2v) is 7.27. The summed E-state index contributed by atoms with van der Waals surface area (Å²) in [6.45, 7) is 4.06. The van der Waals surface area contributed by atoms with Gasteiger partial charge in [0.2, 0.25) is 5.13 Å². The topological polar surface area (TPSA) is 63.0 Å². The molecule has 3 aromatic rings. The van der Waals surface area contributed by atoms with E-state index in [4.69, 9.17) is 0 Å².